The lowest BCUT2D eigenvalue weighted by molar-refractivity contribution is 0.171. The Morgan fingerprint density at radius 2 is 1.62 bits per heavy atom. The van der Waals surface area contributed by atoms with Crippen LogP contribution in [0.4, 0.5) is 4.39 Å². The largest absolute Gasteiger partial charge is 0.486 e. The average Bonchev–Trinajstić information content (AvgIpc) is 2.53. The van der Waals surface area contributed by atoms with E-state index in [1.54, 1.807) is 12.1 Å². The zero-order chi connectivity index (χ0) is 14.5. The maximum absolute atomic E-state index is 12.8. The minimum absolute atomic E-state index is 0.199. The fraction of sp³-hybridized carbons (Fsp3) is 0.294. The molecule has 0 radical (unpaired) electrons. The molecule has 0 saturated heterocycles. The second-order valence-corrected chi connectivity index (χ2v) is 5.03. The van der Waals surface area contributed by atoms with Crippen molar-refractivity contribution in [2.45, 2.75) is 13.0 Å². The van der Waals surface area contributed by atoms with Gasteiger partial charge < -0.3 is 14.8 Å². The number of benzene rings is 2. The van der Waals surface area contributed by atoms with E-state index in [-0.39, 0.29) is 5.82 Å². The van der Waals surface area contributed by atoms with Crippen molar-refractivity contribution >= 4 is 0 Å². The molecule has 0 spiro atoms. The van der Waals surface area contributed by atoms with Gasteiger partial charge in [0.15, 0.2) is 11.5 Å². The molecule has 1 heterocycles. The van der Waals surface area contributed by atoms with E-state index in [1.807, 2.05) is 12.1 Å². The lowest BCUT2D eigenvalue weighted by Gasteiger charge is -2.18. The molecule has 0 aliphatic carbocycles. The van der Waals surface area contributed by atoms with Crippen molar-refractivity contribution in [1.82, 2.24) is 5.32 Å². The highest BCUT2D eigenvalue weighted by atomic mass is 19.1. The Bertz CT molecular complexity index is 598. The molecule has 1 N–H and O–H groups in total. The number of hydrogen-bond acceptors (Lipinski definition) is 3. The summed E-state index contributed by atoms with van der Waals surface area (Å²) in [4.78, 5) is 0. The van der Waals surface area contributed by atoms with E-state index in [0.29, 0.717) is 13.2 Å². The number of rotatable bonds is 5. The van der Waals surface area contributed by atoms with Gasteiger partial charge in [-0.25, -0.2) is 4.39 Å². The van der Waals surface area contributed by atoms with E-state index in [1.165, 1.54) is 17.7 Å². The molecule has 110 valence electrons. The molecule has 0 bridgehead atoms. The van der Waals surface area contributed by atoms with Crippen molar-refractivity contribution in [3.05, 3.63) is 59.4 Å². The fourth-order valence-electron chi connectivity index (χ4n) is 2.31. The molecule has 0 amide bonds. The third-order valence-corrected chi connectivity index (χ3v) is 3.44. The van der Waals surface area contributed by atoms with Crippen LogP contribution < -0.4 is 14.8 Å². The lowest BCUT2D eigenvalue weighted by Crippen LogP contribution is -2.17. The molecule has 0 saturated carbocycles. The molecule has 4 heteroatoms. The van der Waals surface area contributed by atoms with Crippen molar-refractivity contribution in [3.63, 3.8) is 0 Å². The van der Waals surface area contributed by atoms with Crippen LogP contribution in [0, 0.1) is 5.82 Å². The predicted molar refractivity (Wildman–Crippen MR) is 79.2 cm³/mol. The normalized spacial score (nSPS) is 13.2. The zero-order valence-electron chi connectivity index (χ0n) is 11.8. The summed E-state index contributed by atoms with van der Waals surface area (Å²) >= 11 is 0. The first kappa shape index (κ1) is 13.9. The van der Waals surface area contributed by atoms with Crippen molar-refractivity contribution in [2.24, 2.45) is 0 Å². The van der Waals surface area contributed by atoms with Gasteiger partial charge in [0.2, 0.25) is 0 Å². The molecule has 21 heavy (non-hydrogen) atoms. The SMILES string of the molecule is Fc1ccc(CNCCc2ccc3c(c2)OCCO3)cc1. The third-order valence-electron chi connectivity index (χ3n) is 3.44. The van der Waals surface area contributed by atoms with Gasteiger partial charge in [0, 0.05) is 6.54 Å². The molecule has 0 fully saturated rings. The quantitative estimate of drug-likeness (QED) is 0.858. The number of hydrogen-bond donors (Lipinski definition) is 1. The first-order valence-electron chi connectivity index (χ1n) is 7.15. The van der Waals surface area contributed by atoms with Crippen LogP contribution in [-0.2, 0) is 13.0 Å². The van der Waals surface area contributed by atoms with E-state index >= 15 is 0 Å². The maximum atomic E-state index is 12.8. The average molecular weight is 287 g/mol. The summed E-state index contributed by atoms with van der Waals surface area (Å²) in [7, 11) is 0. The number of ether oxygens (including phenoxy) is 2. The van der Waals surface area contributed by atoms with Crippen molar-refractivity contribution < 1.29 is 13.9 Å². The Labute approximate surface area is 123 Å². The Hall–Kier alpha value is -2.07. The van der Waals surface area contributed by atoms with Gasteiger partial charge in [-0.2, -0.15) is 0 Å². The summed E-state index contributed by atoms with van der Waals surface area (Å²) in [6.07, 6.45) is 0.915. The first-order chi connectivity index (χ1) is 10.3. The fourth-order valence-corrected chi connectivity index (χ4v) is 2.31. The summed E-state index contributed by atoms with van der Waals surface area (Å²) in [5, 5.41) is 3.36. The van der Waals surface area contributed by atoms with Crippen LogP contribution in [0.2, 0.25) is 0 Å². The van der Waals surface area contributed by atoms with Crippen LogP contribution in [-0.4, -0.2) is 19.8 Å². The topological polar surface area (TPSA) is 30.5 Å². The van der Waals surface area contributed by atoms with Gasteiger partial charge in [-0.1, -0.05) is 18.2 Å². The van der Waals surface area contributed by atoms with Crippen LogP contribution >= 0.6 is 0 Å². The highest BCUT2D eigenvalue weighted by molar-refractivity contribution is 5.43. The molecular weight excluding hydrogens is 269 g/mol. The van der Waals surface area contributed by atoms with Crippen LogP contribution in [0.1, 0.15) is 11.1 Å². The summed E-state index contributed by atoms with van der Waals surface area (Å²) in [5.41, 5.74) is 2.30. The summed E-state index contributed by atoms with van der Waals surface area (Å²) in [5.74, 6) is 1.46. The standard InChI is InChI=1S/C17H18FNO2/c18-15-4-1-14(2-5-15)12-19-8-7-13-3-6-16-17(11-13)21-10-9-20-16/h1-6,11,19H,7-10,12H2. The molecule has 1 aliphatic rings. The highest BCUT2D eigenvalue weighted by Gasteiger charge is 2.11. The van der Waals surface area contributed by atoms with Gasteiger partial charge in [0.25, 0.3) is 0 Å². The van der Waals surface area contributed by atoms with Gasteiger partial charge in [0.05, 0.1) is 0 Å². The van der Waals surface area contributed by atoms with Gasteiger partial charge in [-0.3, -0.25) is 0 Å². The van der Waals surface area contributed by atoms with Gasteiger partial charge in [-0.15, -0.1) is 0 Å². The van der Waals surface area contributed by atoms with Crippen molar-refractivity contribution in [1.29, 1.82) is 0 Å². The Morgan fingerprint density at radius 1 is 0.905 bits per heavy atom. The van der Waals surface area contributed by atoms with E-state index in [2.05, 4.69) is 11.4 Å². The number of halogens is 1. The summed E-state index contributed by atoms with van der Waals surface area (Å²) < 4.78 is 23.9. The van der Waals surface area contributed by atoms with Gasteiger partial charge in [-0.05, 0) is 48.4 Å². The molecule has 0 aromatic heterocycles. The van der Waals surface area contributed by atoms with E-state index < -0.39 is 0 Å². The van der Waals surface area contributed by atoms with E-state index in [0.717, 1.165) is 36.6 Å². The van der Waals surface area contributed by atoms with Crippen LogP contribution in [0.15, 0.2) is 42.5 Å². The highest BCUT2D eigenvalue weighted by Crippen LogP contribution is 2.30. The van der Waals surface area contributed by atoms with Crippen LogP contribution in [0.25, 0.3) is 0 Å². The second kappa shape index (κ2) is 6.59. The second-order valence-electron chi connectivity index (χ2n) is 5.03. The third kappa shape index (κ3) is 3.73. The maximum Gasteiger partial charge on any atom is 0.161 e. The predicted octanol–water partition coefficient (Wildman–Crippen LogP) is 2.93. The van der Waals surface area contributed by atoms with Gasteiger partial charge in [0.1, 0.15) is 19.0 Å². The van der Waals surface area contributed by atoms with Crippen molar-refractivity contribution in [2.75, 3.05) is 19.8 Å². The molecule has 3 nitrogen and oxygen atoms in total. The monoisotopic (exact) mass is 287 g/mol. The zero-order valence-corrected chi connectivity index (χ0v) is 11.8. The molecule has 2 aromatic carbocycles. The Balaban J connectivity index is 1.48. The number of fused-ring (bicyclic) bond motifs is 1. The Kier molecular flexibility index (Phi) is 4.36. The van der Waals surface area contributed by atoms with E-state index in [9.17, 15) is 4.39 Å². The summed E-state index contributed by atoms with van der Waals surface area (Å²) in [6.45, 7) is 2.83. The molecule has 1 aliphatic heterocycles. The number of nitrogens with one attached hydrogen (secondary N) is 1. The minimum atomic E-state index is -0.199. The minimum Gasteiger partial charge on any atom is -0.486 e. The lowest BCUT2D eigenvalue weighted by atomic mass is 10.1. The van der Waals surface area contributed by atoms with Crippen LogP contribution in [0.3, 0.4) is 0 Å². The van der Waals surface area contributed by atoms with E-state index in [4.69, 9.17) is 9.47 Å². The van der Waals surface area contributed by atoms with Crippen molar-refractivity contribution in [3.8, 4) is 11.5 Å². The molecule has 0 unspecified atom stereocenters. The molecular formula is C17H18FNO2. The summed E-state index contributed by atoms with van der Waals surface area (Å²) in [6, 6.07) is 12.6. The first-order valence-corrected chi connectivity index (χ1v) is 7.15. The molecule has 2 aromatic rings. The molecule has 3 rings (SSSR count). The molecule has 0 atom stereocenters. The van der Waals surface area contributed by atoms with Gasteiger partial charge >= 0.3 is 0 Å². The Morgan fingerprint density at radius 3 is 2.43 bits per heavy atom. The smallest absolute Gasteiger partial charge is 0.161 e. The van der Waals surface area contributed by atoms with Crippen LogP contribution in [0.5, 0.6) is 11.5 Å².